The smallest absolute Gasteiger partial charge is 0.162 e. The number of benzene rings is 2. The van der Waals surface area contributed by atoms with Gasteiger partial charge in [0.15, 0.2) is 11.6 Å². The first-order chi connectivity index (χ1) is 15.0. The lowest BCUT2D eigenvalue weighted by Gasteiger charge is -2.30. The lowest BCUT2D eigenvalue weighted by atomic mass is 9.75. The molecule has 2 aromatic rings. The van der Waals surface area contributed by atoms with E-state index >= 15 is 8.78 Å². The number of fused-ring (bicyclic) bond motifs is 1. The predicted molar refractivity (Wildman–Crippen MR) is 116 cm³/mol. The molecule has 0 nitrogen and oxygen atoms in total. The molecule has 1 unspecified atom stereocenters. The van der Waals surface area contributed by atoms with Crippen molar-refractivity contribution in [3.8, 4) is 0 Å². The van der Waals surface area contributed by atoms with E-state index in [-0.39, 0.29) is 17.4 Å². The van der Waals surface area contributed by atoms with Crippen LogP contribution in [0.25, 0.3) is 0 Å². The molecule has 4 rings (SSSR count). The van der Waals surface area contributed by atoms with Crippen molar-refractivity contribution in [2.75, 3.05) is 0 Å². The second kappa shape index (κ2) is 9.75. The van der Waals surface area contributed by atoms with Gasteiger partial charge in [-0.25, -0.2) is 17.6 Å². The molecule has 2 aromatic carbocycles. The highest BCUT2D eigenvalue weighted by atomic mass is 19.2. The Morgan fingerprint density at radius 2 is 1.52 bits per heavy atom. The van der Waals surface area contributed by atoms with E-state index in [2.05, 4.69) is 6.92 Å². The van der Waals surface area contributed by atoms with Crippen LogP contribution in [-0.2, 0) is 12.8 Å². The second-order valence-electron chi connectivity index (χ2n) is 9.55. The third kappa shape index (κ3) is 4.83. The van der Waals surface area contributed by atoms with Gasteiger partial charge < -0.3 is 0 Å². The van der Waals surface area contributed by atoms with Gasteiger partial charge in [-0.15, -0.1) is 0 Å². The average Bonchev–Trinajstić information content (AvgIpc) is 2.76. The van der Waals surface area contributed by atoms with Crippen molar-refractivity contribution in [3.05, 3.63) is 69.8 Å². The fraction of sp³-hybridized carbons (Fsp3) is 0.556. The van der Waals surface area contributed by atoms with E-state index in [0.717, 1.165) is 43.2 Å². The molecule has 0 N–H and O–H groups in total. The highest BCUT2D eigenvalue weighted by Gasteiger charge is 2.30. The molecular formula is C27H32F4. The summed E-state index contributed by atoms with van der Waals surface area (Å²) in [5, 5.41) is 0. The van der Waals surface area contributed by atoms with Crippen molar-refractivity contribution in [2.24, 2.45) is 5.92 Å². The van der Waals surface area contributed by atoms with Crippen molar-refractivity contribution in [1.29, 1.82) is 0 Å². The Morgan fingerprint density at radius 1 is 0.806 bits per heavy atom. The first-order valence-corrected chi connectivity index (χ1v) is 11.9. The van der Waals surface area contributed by atoms with Crippen molar-refractivity contribution in [1.82, 2.24) is 0 Å². The minimum Gasteiger partial charge on any atom is -0.207 e. The number of hydrogen-bond acceptors (Lipinski definition) is 0. The zero-order chi connectivity index (χ0) is 22.0. The van der Waals surface area contributed by atoms with Gasteiger partial charge in [-0.2, -0.15) is 0 Å². The highest BCUT2D eigenvalue weighted by molar-refractivity contribution is 5.38. The maximum atomic E-state index is 15.1. The molecule has 168 valence electrons. The van der Waals surface area contributed by atoms with Crippen molar-refractivity contribution in [3.63, 3.8) is 0 Å². The number of halogens is 4. The molecule has 0 spiro atoms. The molecule has 0 radical (unpaired) electrons. The van der Waals surface area contributed by atoms with Gasteiger partial charge in [-0.3, -0.25) is 0 Å². The maximum absolute atomic E-state index is 15.1. The standard InChI is InChI=1S/C27H32F4/c1-2-3-4-5-17-6-8-18(9-7-17)21-15-24(29)26(25(30)16-21)20-10-12-22-19(14-20)11-13-23(28)27(22)31/h11,13,15-18,20H,2-10,12,14H2,1H3. The van der Waals surface area contributed by atoms with Gasteiger partial charge in [0.25, 0.3) is 0 Å². The Kier molecular flexibility index (Phi) is 7.03. The zero-order valence-electron chi connectivity index (χ0n) is 18.3. The summed E-state index contributed by atoms with van der Waals surface area (Å²) in [6.07, 6.45) is 10.4. The summed E-state index contributed by atoms with van der Waals surface area (Å²) < 4.78 is 57.7. The summed E-state index contributed by atoms with van der Waals surface area (Å²) in [5.74, 6) is -2.03. The van der Waals surface area contributed by atoms with Gasteiger partial charge in [-0.05, 0) is 97.6 Å². The summed E-state index contributed by atoms with van der Waals surface area (Å²) in [4.78, 5) is 0. The summed E-state index contributed by atoms with van der Waals surface area (Å²) in [6, 6.07) is 5.70. The van der Waals surface area contributed by atoms with Gasteiger partial charge in [0.05, 0.1) is 0 Å². The minimum absolute atomic E-state index is 0.104. The topological polar surface area (TPSA) is 0 Å². The molecule has 0 amide bonds. The Hall–Kier alpha value is -1.84. The third-order valence-electron chi connectivity index (χ3n) is 7.55. The molecule has 31 heavy (non-hydrogen) atoms. The molecular weight excluding hydrogens is 400 g/mol. The van der Waals surface area contributed by atoms with Crippen LogP contribution >= 0.6 is 0 Å². The van der Waals surface area contributed by atoms with Crippen LogP contribution in [0.4, 0.5) is 17.6 Å². The Labute approximate surface area is 183 Å². The van der Waals surface area contributed by atoms with Crippen LogP contribution in [0.3, 0.4) is 0 Å². The van der Waals surface area contributed by atoms with E-state index in [1.165, 1.54) is 37.8 Å². The molecule has 0 bridgehead atoms. The van der Waals surface area contributed by atoms with E-state index in [4.69, 9.17) is 0 Å². The van der Waals surface area contributed by atoms with Gasteiger partial charge in [0.1, 0.15) is 11.6 Å². The molecule has 2 aliphatic rings. The summed E-state index contributed by atoms with van der Waals surface area (Å²) in [7, 11) is 0. The van der Waals surface area contributed by atoms with Gasteiger partial charge in [0, 0.05) is 5.56 Å². The van der Waals surface area contributed by atoms with Crippen molar-refractivity contribution < 1.29 is 17.6 Å². The molecule has 1 atom stereocenters. The largest absolute Gasteiger partial charge is 0.207 e. The zero-order valence-corrected chi connectivity index (χ0v) is 18.3. The maximum Gasteiger partial charge on any atom is 0.162 e. The molecule has 0 saturated heterocycles. The van der Waals surface area contributed by atoms with E-state index in [1.807, 2.05) is 0 Å². The number of rotatable bonds is 6. The highest BCUT2D eigenvalue weighted by Crippen LogP contribution is 2.41. The SMILES string of the molecule is CCCCCC1CCC(c2cc(F)c(C3CCc4c(ccc(F)c4F)C3)c(F)c2)CC1. The lowest BCUT2D eigenvalue weighted by molar-refractivity contribution is 0.302. The van der Waals surface area contributed by atoms with E-state index in [1.54, 1.807) is 6.07 Å². The van der Waals surface area contributed by atoms with Gasteiger partial charge in [-0.1, -0.05) is 38.7 Å². The molecule has 1 saturated carbocycles. The first kappa shape index (κ1) is 22.4. The molecule has 0 aromatic heterocycles. The lowest BCUT2D eigenvalue weighted by Crippen LogP contribution is -2.18. The van der Waals surface area contributed by atoms with E-state index in [0.29, 0.717) is 30.4 Å². The van der Waals surface area contributed by atoms with Crippen LogP contribution in [0.15, 0.2) is 24.3 Å². The fourth-order valence-corrected chi connectivity index (χ4v) is 5.72. The van der Waals surface area contributed by atoms with E-state index < -0.39 is 23.3 Å². The predicted octanol–water partition coefficient (Wildman–Crippen LogP) is 8.37. The summed E-state index contributed by atoms with van der Waals surface area (Å²) >= 11 is 0. The second-order valence-corrected chi connectivity index (χ2v) is 9.55. The number of unbranched alkanes of at least 4 members (excludes halogenated alkanes) is 2. The molecule has 4 heteroatoms. The van der Waals surface area contributed by atoms with Crippen LogP contribution in [0.5, 0.6) is 0 Å². The molecule has 0 aliphatic heterocycles. The quantitative estimate of drug-likeness (QED) is 0.318. The third-order valence-corrected chi connectivity index (χ3v) is 7.55. The Bertz CT molecular complexity index is 889. The Balaban J connectivity index is 1.45. The monoisotopic (exact) mass is 432 g/mol. The van der Waals surface area contributed by atoms with Crippen molar-refractivity contribution >= 4 is 0 Å². The van der Waals surface area contributed by atoms with Crippen LogP contribution in [-0.4, -0.2) is 0 Å². The first-order valence-electron chi connectivity index (χ1n) is 11.9. The molecule has 2 aliphatic carbocycles. The van der Waals surface area contributed by atoms with Crippen LogP contribution in [0.1, 0.15) is 98.8 Å². The van der Waals surface area contributed by atoms with Crippen LogP contribution < -0.4 is 0 Å². The molecule has 1 fully saturated rings. The van der Waals surface area contributed by atoms with Crippen LogP contribution in [0, 0.1) is 29.2 Å². The normalized spacial score (nSPS) is 23.6. The minimum atomic E-state index is -0.862. The van der Waals surface area contributed by atoms with Crippen molar-refractivity contribution in [2.45, 2.75) is 89.4 Å². The van der Waals surface area contributed by atoms with Crippen LogP contribution in [0.2, 0.25) is 0 Å². The number of hydrogen-bond donors (Lipinski definition) is 0. The summed E-state index contributed by atoms with van der Waals surface area (Å²) in [6.45, 7) is 2.22. The Morgan fingerprint density at radius 3 is 2.19 bits per heavy atom. The van der Waals surface area contributed by atoms with Gasteiger partial charge >= 0.3 is 0 Å². The van der Waals surface area contributed by atoms with E-state index in [9.17, 15) is 8.78 Å². The summed E-state index contributed by atoms with van der Waals surface area (Å²) in [5.41, 5.74) is 1.88. The van der Waals surface area contributed by atoms with Gasteiger partial charge in [0.2, 0.25) is 0 Å². The fourth-order valence-electron chi connectivity index (χ4n) is 5.72. The molecule has 0 heterocycles. The average molecular weight is 433 g/mol.